The van der Waals surface area contributed by atoms with Crippen LogP contribution in [0, 0.1) is 0 Å². The van der Waals surface area contributed by atoms with Gasteiger partial charge in [0.25, 0.3) is 0 Å². The van der Waals surface area contributed by atoms with E-state index in [4.69, 9.17) is 4.74 Å². The van der Waals surface area contributed by atoms with Crippen LogP contribution in [0.25, 0.3) is 0 Å². The normalized spacial score (nSPS) is 17.3. The second-order valence-electron chi connectivity index (χ2n) is 7.48. The molecule has 1 saturated heterocycles. The second-order valence-corrected chi connectivity index (χ2v) is 7.48. The largest absolute Gasteiger partial charge is 0.494 e. The highest BCUT2D eigenvalue weighted by atomic mass is 16.5. The monoisotopic (exact) mass is 364 g/mol. The summed E-state index contributed by atoms with van der Waals surface area (Å²) in [4.78, 5) is 17.1. The molecule has 2 heterocycles. The van der Waals surface area contributed by atoms with E-state index in [0.29, 0.717) is 19.1 Å². The predicted molar refractivity (Wildman–Crippen MR) is 107 cm³/mol. The standard InChI is InChI=1S/C23H28N2O2/c1-2-27-22-10-6-5-8-19(22)11-12-23(26)25-16-21(17-25)24-14-13-18-7-3-4-9-20(18)15-24/h3-10,21H,2,11-17H2,1H3. The summed E-state index contributed by atoms with van der Waals surface area (Å²) in [5, 5.41) is 0. The lowest BCUT2D eigenvalue weighted by atomic mass is 9.96. The molecule has 0 bridgehead atoms. The molecule has 27 heavy (non-hydrogen) atoms. The summed E-state index contributed by atoms with van der Waals surface area (Å²) in [5.41, 5.74) is 4.05. The Balaban J connectivity index is 1.26. The smallest absolute Gasteiger partial charge is 0.223 e. The summed E-state index contributed by atoms with van der Waals surface area (Å²) >= 11 is 0. The minimum Gasteiger partial charge on any atom is -0.494 e. The van der Waals surface area contributed by atoms with E-state index in [1.165, 1.54) is 11.1 Å². The molecule has 0 N–H and O–H groups in total. The highest BCUT2D eigenvalue weighted by Gasteiger charge is 2.35. The van der Waals surface area contributed by atoms with Crippen molar-refractivity contribution in [3.63, 3.8) is 0 Å². The van der Waals surface area contributed by atoms with Gasteiger partial charge in [-0.3, -0.25) is 9.69 Å². The fourth-order valence-corrected chi connectivity index (χ4v) is 4.13. The summed E-state index contributed by atoms with van der Waals surface area (Å²) in [6.45, 7) is 6.50. The van der Waals surface area contributed by atoms with Gasteiger partial charge in [0.1, 0.15) is 5.75 Å². The number of para-hydroxylation sites is 1. The zero-order valence-corrected chi connectivity index (χ0v) is 16.1. The molecule has 142 valence electrons. The molecule has 0 aromatic heterocycles. The summed E-state index contributed by atoms with van der Waals surface area (Å²) in [6, 6.07) is 17.3. The highest BCUT2D eigenvalue weighted by Crippen LogP contribution is 2.25. The molecular formula is C23H28N2O2. The molecule has 4 heteroatoms. The maximum Gasteiger partial charge on any atom is 0.223 e. The molecule has 0 spiro atoms. The molecule has 4 nitrogen and oxygen atoms in total. The molecule has 1 fully saturated rings. The van der Waals surface area contributed by atoms with Crippen molar-refractivity contribution in [1.29, 1.82) is 0 Å². The maximum atomic E-state index is 12.6. The van der Waals surface area contributed by atoms with E-state index < -0.39 is 0 Å². The number of carbonyl (C=O) groups is 1. The third-order valence-corrected chi connectivity index (χ3v) is 5.77. The van der Waals surface area contributed by atoms with Gasteiger partial charge in [0.05, 0.1) is 6.61 Å². The van der Waals surface area contributed by atoms with Gasteiger partial charge in [0, 0.05) is 38.6 Å². The Morgan fingerprint density at radius 2 is 1.81 bits per heavy atom. The van der Waals surface area contributed by atoms with Crippen LogP contribution in [0.2, 0.25) is 0 Å². The Kier molecular flexibility index (Phi) is 5.44. The predicted octanol–water partition coefficient (Wildman–Crippen LogP) is 3.29. The van der Waals surface area contributed by atoms with Gasteiger partial charge >= 0.3 is 0 Å². The van der Waals surface area contributed by atoms with Gasteiger partial charge in [0.2, 0.25) is 5.91 Å². The fourth-order valence-electron chi connectivity index (χ4n) is 4.13. The van der Waals surface area contributed by atoms with Crippen molar-refractivity contribution in [2.45, 2.75) is 38.8 Å². The van der Waals surface area contributed by atoms with E-state index in [0.717, 1.165) is 50.3 Å². The first kappa shape index (κ1) is 18.1. The zero-order chi connectivity index (χ0) is 18.6. The lowest BCUT2D eigenvalue weighted by Gasteiger charge is -2.47. The zero-order valence-electron chi connectivity index (χ0n) is 16.1. The fraction of sp³-hybridized carbons (Fsp3) is 0.435. The number of hydrogen-bond donors (Lipinski definition) is 0. The molecule has 0 aliphatic carbocycles. The number of ether oxygens (including phenoxy) is 1. The van der Waals surface area contributed by atoms with Crippen LogP contribution in [0.4, 0.5) is 0 Å². The Bertz CT molecular complexity index is 798. The Hall–Kier alpha value is -2.33. The van der Waals surface area contributed by atoms with Crippen LogP contribution < -0.4 is 4.74 Å². The lowest BCUT2D eigenvalue weighted by molar-refractivity contribution is -0.138. The van der Waals surface area contributed by atoms with Crippen LogP contribution in [0.1, 0.15) is 30.0 Å². The number of nitrogens with zero attached hydrogens (tertiary/aromatic N) is 2. The summed E-state index contributed by atoms with van der Waals surface area (Å²) in [5.74, 6) is 1.16. The van der Waals surface area contributed by atoms with Crippen LogP contribution in [-0.4, -0.2) is 48.0 Å². The Morgan fingerprint density at radius 3 is 2.63 bits per heavy atom. The average Bonchev–Trinajstić information content (AvgIpc) is 2.66. The van der Waals surface area contributed by atoms with Crippen molar-refractivity contribution in [3.8, 4) is 5.75 Å². The number of carbonyl (C=O) groups excluding carboxylic acids is 1. The lowest BCUT2D eigenvalue weighted by Crippen LogP contribution is -2.61. The van der Waals surface area contributed by atoms with Crippen molar-refractivity contribution in [3.05, 3.63) is 65.2 Å². The quantitative estimate of drug-likeness (QED) is 0.789. The van der Waals surface area contributed by atoms with E-state index >= 15 is 0 Å². The molecule has 0 radical (unpaired) electrons. The molecule has 0 saturated carbocycles. The van der Waals surface area contributed by atoms with Crippen molar-refractivity contribution < 1.29 is 9.53 Å². The van der Waals surface area contributed by atoms with E-state index in [2.05, 4.69) is 35.2 Å². The van der Waals surface area contributed by atoms with E-state index in [9.17, 15) is 4.79 Å². The van der Waals surface area contributed by atoms with Gasteiger partial charge in [-0.25, -0.2) is 0 Å². The molecule has 2 aromatic rings. The average molecular weight is 364 g/mol. The molecule has 2 aliphatic rings. The minimum absolute atomic E-state index is 0.259. The molecule has 4 rings (SSSR count). The Labute approximate surface area is 161 Å². The van der Waals surface area contributed by atoms with Crippen molar-refractivity contribution >= 4 is 5.91 Å². The first-order valence-electron chi connectivity index (χ1n) is 10.0. The van der Waals surface area contributed by atoms with Crippen LogP contribution in [0.15, 0.2) is 48.5 Å². The first-order chi connectivity index (χ1) is 13.2. The number of likely N-dealkylation sites (tertiary alicyclic amines) is 1. The molecule has 1 amide bonds. The van der Waals surface area contributed by atoms with Crippen molar-refractivity contribution in [2.75, 3.05) is 26.2 Å². The highest BCUT2D eigenvalue weighted by molar-refractivity contribution is 5.77. The van der Waals surface area contributed by atoms with E-state index in [1.807, 2.05) is 30.0 Å². The molecule has 2 aliphatic heterocycles. The summed E-state index contributed by atoms with van der Waals surface area (Å²) in [6.07, 6.45) is 2.42. The van der Waals surface area contributed by atoms with Gasteiger partial charge < -0.3 is 9.64 Å². The van der Waals surface area contributed by atoms with Crippen LogP contribution in [0.3, 0.4) is 0 Å². The first-order valence-corrected chi connectivity index (χ1v) is 10.0. The van der Waals surface area contributed by atoms with Crippen LogP contribution in [-0.2, 0) is 24.2 Å². The van der Waals surface area contributed by atoms with E-state index in [1.54, 1.807) is 0 Å². The molecule has 2 aromatic carbocycles. The van der Waals surface area contributed by atoms with Gasteiger partial charge in [-0.1, -0.05) is 42.5 Å². The number of rotatable bonds is 6. The summed E-state index contributed by atoms with van der Waals surface area (Å²) in [7, 11) is 0. The number of fused-ring (bicyclic) bond motifs is 1. The van der Waals surface area contributed by atoms with Crippen molar-refractivity contribution in [2.24, 2.45) is 0 Å². The van der Waals surface area contributed by atoms with Crippen molar-refractivity contribution in [1.82, 2.24) is 9.80 Å². The topological polar surface area (TPSA) is 32.8 Å². The number of benzene rings is 2. The number of hydrogen-bond acceptors (Lipinski definition) is 3. The Morgan fingerprint density at radius 1 is 1.07 bits per heavy atom. The van der Waals surface area contributed by atoms with E-state index in [-0.39, 0.29) is 5.91 Å². The van der Waals surface area contributed by atoms with Crippen LogP contribution >= 0.6 is 0 Å². The summed E-state index contributed by atoms with van der Waals surface area (Å²) < 4.78 is 5.66. The number of aryl methyl sites for hydroxylation is 1. The van der Waals surface area contributed by atoms with Gasteiger partial charge in [-0.05, 0) is 42.5 Å². The van der Waals surface area contributed by atoms with Gasteiger partial charge in [-0.2, -0.15) is 0 Å². The third-order valence-electron chi connectivity index (χ3n) is 5.77. The third kappa shape index (κ3) is 4.01. The maximum absolute atomic E-state index is 12.6. The minimum atomic E-state index is 0.259. The number of amides is 1. The molecule has 0 atom stereocenters. The molecular weight excluding hydrogens is 336 g/mol. The second kappa shape index (κ2) is 8.13. The van der Waals surface area contributed by atoms with Crippen LogP contribution in [0.5, 0.6) is 5.75 Å². The van der Waals surface area contributed by atoms with Gasteiger partial charge in [-0.15, -0.1) is 0 Å². The molecule has 0 unspecified atom stereocenters. The van der Waals surface area contributed by atoms with Gasteiger partial charge in [0.15, 0.2) is 0 Å². The SMILES string of the molecule is CCOc1ccccc1CCC(=O)N1CC(N2CCc3ccccc3C2)C1.